The first kappa shape index (κ1) is 12.9. The maximum atomic E-state index is 5.91. The van der Waals surface area contributed by atoms with Crippen molar-refractivity contribution in [2.24, 2.45) is 0 Å². The molecule has 0 aliphatic heterocycles. The Labute approximate surface area is 122 Å². The first-order valence-electron chi connectivity index (χ1n) is 6.45. The number of fused-ring (bicyclic) bond motifs is 1. The molecule has 3 nitrogen and oxygen atoms in total. The van der Waals surface area contributed by atoms with Gasteiger partial charge in [0.25, 0.3) is 0 Å². The Hall–Kier alpha value is -2.13. The number of anilines is 1. The largest absolute Gasteiger partial charge is 0.378 e. The number of nitrogens with zero attached hydrogens (tertiary/aromatic N) is 2. The summed E-state index contributed by atoms with van der Waals surface area (Å²) in [4.78, 5) is 8.58. The van der Waals surface area contributed by atoms with Gasteiger partial charge >= 0.3 is 0 Å². The molecule has 1 N–H and O–H groups in total. The normalized spacial score (nSPS) is 12.3. The third-order valence-electron chi connectivity index (χ3n) is 3.22. The molecule has 20 heavy (non-hydrogen) atoms. The van der Waals surface area contributed by atoms with Gasteiger partial charge in [0.05, 0.1) is 11.0 Å². The van der Waals surface area contributed by atoms with Gasteiger partial charge in [0.1, 0.15) is 0 Å². The number of nitrogens with one attached hydrogen (secondary N) is 1. The zero-order chi connectivity index (χ0) is 13.9. The number of halogens is 1. The van der Waals surface area contributed by atoms with Crippen molar-refractivity contribution in [1.29, 1.82) is 0 Å². The van der Waals surface area contributed by atoms with Crippen molar-refractivity contribution >= 4 is 28.3 Å². The fourth-order valence-electron chi connectivity index (χ4n) is 2.14. The maximum Gasteiger partial charge on any atom is 0.0907 e. The summed E-state index contributed by atoms with van der Waals surface area (Å²) in [6.45, 7) is 2.12. The molecule has 100 valence electrons. The third-order valence-corrected chi connectivity index (χ3v) is 3.47. The van der Waals surface area contributed by atoms with Gasteiger partial charge in [-0.1, -0.05) is 23.7 Å². The summed E-state index contributed by atoms with van der Waals surface area (Å²) >= 11 is 5.91. The molecule has 1 aromatic heterocycles. The SMILES string of the molecule is CC(Nc1ccc2nccnc2c1)c1ccc(Cl)cc1. The third kappa shape index (κ3) is 2.73. The lowest BCUT2D eigenvalue weighted by Gasteiger charge is -2.16. The van der Waals surface area contributed by atoms with Gasteiger partial charge in [0.15, 0.2) is 0 Å². The predicted octanol–water partition coefficient (Wildman–Crippen LogP) is 4.46. The van der Waals surface area contributed by atoms with Crippen LogP contribution in [-0.2, 0) is 0 Å². The zero-order valence-corrected chi connectivity index (χ0v) is 11.8. The fraction of sp³-hybridized carbons (Fsp3) is 0.125. The number of aromatic nitrogens is 2. The quantitative estimate of drug-likeness (QED) is 0.771. The van der Waals surface area contributed by atoms with E-state index in [9.17, 15) is 0 Å². The van der Waals surface area contributed by atoms with Gasteiger partial charge in [-0.25, -0.2) is 0 Å². The van der Waals surface area contributed by atoms with Crippen LogP contribution >= 0.6 is 11.6 Å². The van der Waals surface area contributed by atoms with Crippen LogP contribution in [0.4, 0.5) is 5.69 Å². The smallest absolute Gasteiger partial charge is 0.0907 e. The standard InChI is InChI=1S/C16H14ClN3/c1-11(12-2-4-13(17)5-3-12)20-14-6-7-15-16(10-14)19-9-8-18-15/h2-11,20H,1H3. The van der Waals surface area contributed by atoms with Crippen LogP contribution in [0.25, 0.3) is 11.0 Å². The molecule has 0 spiro atoms. The van der Waals surface area contributed by atoms with Crippen LogP contribution in [0.5, 0.6) is 0 Å². The van der Waals surface area contributed by atoms with E-state index in [2.05, 4.69) is 22.2 Å². The zero-order valence-electron chi connectivity index (χ0n) is 11.0. The summed E-state index contributed by atoms with van der Waals surface area (Å²) in [6, 6.07) is 14.1. The summed E-state index contributed by atoms with van der Waals surface area (Å²) in [5.41, 5.74) is 4.01. The van der Waals surface area contributed by atoms with E-state index in [1.54, 1.807) is 12.4 Å². The second-order valence-corrected chi connectivity index (χ2v) is 5.11. The van der Waals surface area contributed by atoms with Crippen LogP contribution in [0.1, 0.15) is 18.5 Å². The van der Waals surface area contributed by atoms with Gasteiger partial charge in [0, 0.05) is 29.1 Å². The number of hydrogen-bond acceptors (Lipinski definition) is 3. The molecule has 0 saturated heterocycles. The van der Waals surface area contributed by atoms with E-state index < -0.39 is 0 Å². The van der Waals surface area contributed by atoms with E-state index in [1.807, 2.05) is 42.5 Å². The van der Waals surface area contributed by atoms with Crippen LogP contribution in [0.15, 0.2) is 54.9 Å². The average molecular weight is 284 g/mol. The summed E-state index contributed by atoms with van der Waals surface area (Å²) in [6.07, 6.45) is 3.40. The monoisotopic (exact) mass is 283 g/mol. The summed E-state index contributed by atoms with van der Waals surface area (Å²) in [7, 11) is 0. The molecule has 1 atom stereocenters. The molecule has 3 rings (SSSR count). The van der Waals surface area contributed by atoms with Crippen molar-refractivity contribution in [3.63, 3.8) is 0 Å². The Bertz CT molecular complexity index is 725. The topological polar surface area (TPSA) is 37.8 Å². The summed E-state index contributed by atoms with van der Waals surface area (Å²) in [5, 5.41) is 4.21. The van der Waals surface area contributed by atoms with Crippen molar-refractivity contribution in [1.82, 2.24) is 9.97 Å². The first-order valence-corrected chi connectivity index (χ1v) is 6.83. The molecule has 1 unspecified atom stereocenters. The highest BCUT2D eigenvalue weighted by Crippen LogP contribution is 2.22. The Morgan fingerprint density at radius 3 is 2.40 bits per heavy atom. The molecule has 2 aromatic carbocycles. The molecule has 3 aromatic rings. The van der Waals surface area contributed by atoms with E-state index in [4.69, 9.17) is 11.6 Å². The van der Waals surface area contributed by atoms with Gasteiger partial charge in [-0.2, -0.15) is 0 Å². The molecule has 0 aliphatic carbocycles. The maximum absolute atomic E-state index is 5.91. The van der Waals surface area contributed by atoms with Crippen molar-refractivity contribution < 1.29 is 0 Å². The van der Waals surface area contributed by atoms with E-state index in [1.165, 1.54) is 5.56 Å². The highest BCUT2D eigenvalue weighted by Gasteiger charge is 2.06. The second-order valence-electron chi connectivity index (χ2n) is 4.68. The molecule has 0 bridgehead atoms. The van der Waals surface area contributed by atoms with Crippen molar-refractivity contribution in [2.75, 3.05) is 5.32 Å². The van der Waals surface area contributed by atoms with Crippen LogP contribution < -0.4 is 5.32 Å². The van der Waals surface area contributed by atoms with Crippen molar-refractivity contribution in [2.45, 2.75) is 13.0 Å². The van der Waals surface area contributed by atoms with E-state index in [0.29, 0.717) is 0 Å². The Kier molecular flexibility index (Phi) is 3.52. The summed E-state index contributed by atoms with van der Waals surface area (Å²) in [5.74, 6) is 0. The predicted molar refractivity (Wildman–Crippen MR) is 83.0 cm³/mol. The molecule has 1 heterocycles. The van der Waals surface area contributed by atoms with Crippen LogP contribution in [0.3, 0.4) is 0 Å². The minimum atomic E-state index is 0.196. The molecule has 0 radical (unpaired) electrons. The highest BCUT2D eigenvalue weighted by atomic mass is 35.5. The van der Waals surface area contributed by atoms with E-state index in [0.717, 1.165) is 21.7 Å². The molecule has 0 saturated carbocycles. The fourth-order valence-corrected chi connectivity index (χ4v) is 2.26. The second kappa shape index (κ2) is 5.47. The number of hydrogen-bond donors (Lipinski definition) is 1. The molecule has 0 aliphatic rings. The van der Waals surface area contributed by atoms with Crippen LogP contribution in [-0.4, -0.2) is 9.97 Å². The minimum Gasteiger partial charge on any atom is -0.378 e. The van der Waals surface area contributed by atoms with Gasteiger partial charge < -0.3 is 5.32 Å². The number of benzene rings is 2. The first-order chi connectivity index (χ1) is 9.72. The van der Waals surface area contributed by atoms with Gasteiger partial charge in [0.2, 0.25) is 0 Å². The average Bonchev–Trinajstić information content (AvgIpc) is 2.48. The Morgan fingerprint density at radius 1 is 0.950 bits per heavy atom. The van der Waals surface area contributed by atoms with Gasteiger partial charge in [-0.05, 0) is 42.8 Å². The molecular weight excluding hydrogens is 270 g/mol. The lowest BCUT2D eigenvalue weighted by molar-refractivity contribution is 0.885. The van der Waals surface area contributed by atoms with Crippen LogP contribution in [0.2, 0.25) is 5.02 Å². The lowest BCUT2D eigenvalue weighted by Crippen LogP contribution is -2.06. The Morgan fingerprint density at radius 2 is 1.65 bits per heavy atom. The Balaban J connectivity index is 1.83. The van der Waals surface area contributed by atoms with Crippen molar-refractivity contribution in [3.8, 4) is 0 Å². The lowest BCUT2D eigenvalue weighted by atomic mass is 10.1. The molecular formula is C16H14ClN3. The van der Waals surface area contributed by atoms with E-state index in [-0.39, 0.29) is 6.04 Å². The molecule has 4 heteroatoms. The number of rotatable bonds is 3. The minimum absolute atomic E-state index is 0.196. The summed E-state index contributed by atoms with van der Waals surface area (Å²) < 4.78 is 0. The molecule has 0 fully saturated rings. The van der Waals surface area contributed by atoms with Crippen LogP contribution in [0, 0.1) is 0 Å². The van der Waals surface area contributed by atoms with Gasteiger partial charge in [-0.15, -0.1) is 0 Å². The highest BCUT2D eigenvalue weighted by molar-refractivity contribution is 6.30. The van der Waals surface area contributed by atoms with Crippen molar-refractivity contribution in [3.05, 3.63) is 65.4 Å². The molecule has 0 amide bonds. The van der Waals surface area contributed by atoms with Gasteiger partial charge in [-0.3, -0.25) is 9.97 Å². The van der Waals surface area contributed by atoms with E-state index >= 15 is 0 Å².